The van der Waals surface area contributed by atoms with Gasteiger partial charge < -0.3 is 24.8 Å². The first-order chi connectivity index (χ1) is 15.0. The molecule has 0 amide bonds. The lowest BCUT2D eigenvalue weighted by atomic mass is 10.1. The lowest BCUT2D eigenvalue weighted by Gasteiger charge is -2.25. The Balaban J connectivity index is 0.00000193. The molecule has 180 valence electrons. The lowest BCUT2D eigenvalue weighted by molar-refractivity contribution is 0.163. The van der Waals surface area contributed by atoms with Crippen LogP contribution in [0.2, 0.25) is 0 Å². The molecule has 2 aromatic carbocycles. The van der Waals surface area contributed by atoms with Gasteiger partial charge in [0.15, 0.2) is 0 Å². The molecule has 1 aromatic heterocycles. The van der Waals surface area contributed by atoms with Gasteiger partial charge in [-0.1, -0.05) is 0 Å². The van der Waals surface area contributed by atoms with Crippen LogP contribution in [0, 0.1) is 0 Å². The minimum Gasteiger partial charge on any atom is -0.497 e. The smallest absolute Gasteiger partial charge is 0.145 e. The van der Waals surface area contributed by atoms with Crippen LogP contribution in [0.1, 0.15) is 26.7 Å². The van der Waals surface area contributed by atoms with Gasteiger partial charge in [0.1, 0.15) is 35.5 Å². The number of anilines is 2. The normalized spacial score (nSPS) is 13.7. The minimum absolute atomic E-state index is 0. The van der Waals surface area contributed by atoms with Crippen molar-refractivity contribution in [1.82, 2.24) is 15.3 Å². The Bertz CT molecular complexity index is 1070. The van der Waals surface area contributed by atoms with Crippen molar-refractivity contribution < 1.29 is 14.2 Å². The first-order valence-electron chi connectivity index (χ1n) is 10.5. The number of benzene rings is 2. The van der Waals surface area contributed by atoms with Crippen molar-refractivity contribution in [3.63, 3.8) is 0 Å². The minimum atomic E-state index is 0. The molecule has 33 heavy (non-hydrogen) atoms. The number of methoxy groups -OCH3 is 1. The van der Waals surface area contributed by atoms with Crippen molar-refractivity contribution in [2.45, 2.75) is 38.9 Å². The maximum atomic E-state index is 6.47. The number of nitrogens with one attached hydrogen (secondary N) is 2. The zero-order valence-electron chi connectivity index (χ0n) is 18.8. The van der Waals surface area contributed by atoms with E-state index in [0.717, 1.165) is 64.2 Å². The number of piperidine rings is 1. The van der Waals surface area contributed by atoms with E-state index in [4.69, 9.17) is 14.2 Å². The third-order valence-corrected chi connectivity index (χ3v) is 5.75. The standard InChI is InChI=1S/C23H27BrN4O3.2ClH/c1-14(2)30-17-11-20-22(21(12-17)31-15-6-8-25-9-7-15)23(27-13-26-20)28-19-10-16(29-3)4-5-18(19)24;;/h4-5,10-15,25H,6-9H2,1-3H3,(H,26,27,28);2*1H. The van der Waals surface area contributed by atoms with Crippen LogP contribution < -0.4 is 24.8 Å². The zero-order valence-corrected chi connectivity index (χ0v) is 22.0. The third kappa shape index (κ3) is 6.76. The summed E-state index contributed by atoms with van der Waals surface area (Å²) in [7, 11) is 1.65. The second kappa shape index (κ2) is 12.5. The molecular weight excluding hydrogens is 531 g/mol. The average Bonchev–Trinajstić information content (AvgIpc) is 2.75. The largest absolute Gasteiger partial charge is 0.497 e. The van der Waals surface area contributed by atoms with E-state index in [1.807, 2.05) is 44.2 Å². The van der Waals surface area contributed by atoms with Crippen molar-refractivity contribution in [3.05, 3.63) is 41.1 Å². The Hall–Kier alpha value is -2.00. The monoisotopic (exact) mass is 558 g/mol. The molecule has 2 N–H and O–H groups in total. The number of hydrogen-bond donors (Lipinski definition) is 2. The predicted octanol–water partition coefficient (Wildman–Crippen LogP) is 5.91. The molecule has 7 nitrogen and oxygen atoms in total. The van der Waals surface area contributed by atoms with Gasteiger partial charge in [-0.3, -0.25) is 0 Å². The summed E-state index contributed by atoms with van der Waals surface area (Å²) in [6.45, 7) is 5.90. The second-order valence-corrected chi connectivity index (χ2v) is 8.60. The van der Waals surface area contributed by atoms with E-state index in [2.05, 4.69) is 36.5 Å². The quantitative estimate of drug-likeness (QED) is 0.373. The van der Waals surface area contributed by atoms with Gasteiger partial charge in [-0.15, -0.1) is 24.8 Å². The molecule has 0 aliphatic carbocycles. The van der Waals surface area contributed by atoms with Gasteiger partial charge in [-0.2, -0.15) is 0 Å². The summed E-state index contributed by atoms with van der Waals surface area (Å²) < 4.78 is 18.7. The van der Waals surface area contributed by atoms with Crippen molar-refractivity contribution in [1.29, 1.82) is 0 Å². The van der Waals surface area contributed by atoms with Gasteiger partial charge in [0.05, 0.1) is 29.8 Å². The van der Waals surface area contributed by atoms with Crippen molar-refractivity contribution in [3.8, 4) is 17.2 Å². The van der Waals surface area contributed by atoms with Gasteiger partial charge in [0.25, 0.3) is 0 Å². The molecule has 0 saturated carbocycles. The summed E-state index contributed by atoms with van der Waals surface area (Å²) in [5.74, 6) is 2.88. The van der Waals surface area contributed by atoms with Gasteiger partial charge in [-0.05, 0) is 67.8 Å². The van der Waals surface area contributed by atoms with E-state index in [1.165, 1.54) is 0 Å². The van der Waals surface area contributed by atoms with Crippen molar-refractivity contribution in [2.24, 2.45) is 0 Å². The highest BCUT2D eigenvalue weighted by Gasteiger charge is 2.20. The molecule has 0 atom stereocenters. The molecule has 0 radical (unpaired) electrons. The van der Waals surface area contributed by atoms with Gasteiger partial charge in [0.2, 0.25) is 0 Å². The fourth-order valence-electron chi connectivity index (χ4n) is 3.60. The predicted molar refractivity (Wildman–Crippen MR) is 140 cm³/mol. The Morgan fingerprint density at radius 1 is 1.06 bits per heavy atom. The van der Waals surface area contributed by atoms with Gasteiger partial charge in [0, 0.05) is 22.7 Å². The SMILES string of the molecule is COc1ccc(Br)c(Nc2ncnc3cc(OC(C)C)cc(OC4CCNCC4)c23)c1.Cl.Cl. The molecule has 1 fully saturated rings. The molecule has 1 aliphatic heterocycles. The highest BCUT2D eigenvalue weighted by atomic mass is 79.9. The lowest BCUT2D eigenvalue weighted by Crippen LogP contribution is -2.34. The molecule has 0 spiro atoms. The fourth-order valence-corrected chi connectivity index (χ4v) is 3.95. The molecule has 0 unspecified atom stereocenters. The number of halogens is 3. The number of hydrogen-bond acceptors (Lipinski definition) is 7. The number of rotatable bonds is 7. The molecule has 4 rings (SSSR count). The fraction of sp³-hybridized carbons (Fsp3) is 0.391. The first-order valence-corrected chi connectivity index (χ1v) is 11.3. The second-order valence-electron chi connectivity index (χ2n) is 7.74. The third-order valence-electron chi connectivity index (χ3n) is 5.05. The Labute approximate surface area is 215 Å². The van der Waals surface area contributed by atoms with Gasteiger partial charge in [-0.25, -0.2) is 9.97 Å². The molecule has 3 aromatic rings. The zero-order chi connectivity index (χ0) is 21.8. The van der Waals surface area contributed by atoms with Crippen LogP contribution in [-0.2, 0) is 0 Å². The molecule has 2 heterocycles. The molecule has 1 saturated heterocycles. The van der Waals surface area contributed by atoms with Crippen LogP contribution in [0.25, 0.3) is 10.9 Å². The number of fused-ring (bicyclic) bond motifs is 1. The van der Waals surface area contributed by atoms with E-state index in [1.54, 1.807) is 13.4 Å². The topological polar surface area (TPSA) is 77.5 Å². The summed E-state index contributed by atoms with van der Waals surface area (Å²) in [5, 5.41) is 7.62. The molecular formula is C23H29BrCl2N4O3. The Kier molecular flexibility index (Phi) is 10.3. The number of aromatic nitrogens is 2. The van der Waals surface area contributed by atoms with E-state index in [0.29, 0.717) is 5.82 Å². The molecule has 10 heteroatoms. The van der Waals surface area contributed by atoms with Crippen LogP contribution >= 0.6 is 40.7 Å². The summed E-state index contributed by atoms with van der Waals surface area (Å²) in [6, 6.07) is 9.62. The summed E-state index contributed by atoms with van der Waals surface area (Å²) in [4.78, 5) is 9.03. The first kappa shape index (κ1) is 27.2. The summed E-state index contributed by atoms with van der Waals surface area (Å²) in [5.41, 5.74) is 1.60. The van der Waals surface area contributed by atoms with Crippen molar-refractivity contribution >= 4 is 63.2 Å². The summed E-state index contributed by atoms with van der Waals surface area (Å²) in [6.07, 6.45) is 3.64. The maximum Gasteiger partial charge on any atom is 0.145 e. The van der Waals surface area contributed by atoms with Crippen molar-refractivity contribution in [2.75, 3.05) is 25.5 Å². The van der Waals surface area contributed by atoms with Crippen LogP contribution in [0.5, 0.6) is 17.2 Å². The Morgan fingerprint density at radius 2 is 1.82 bits per heavy atom. The van der Waals surface area contributed by atoms with E-state index in [-0.39, 0.29) is 37.0 Å². The van der Waals surface area contributed by atoms with E-state index < -0.39 is 0 Å². The average molecular weight is 560 g/mol. The highest BCUT2D eigenvalue weighted by Crippen LogP contribution is 2.38. The highest BCUT2D eigenvalue weighted by molar-refractivity contribution is 9.10. The Morgan fingerprint density at radius 3 is 2.52 bits per heavy atom. The summed E-state index contributed by atoms with van der Waals surface area (Å²) >= 11 is 3.60. The molecule has 1 aliphatic rings. The van der Waals surface area contributed by atoms with Crippen LogP contribution in [0.15, 0.2) is 41.1 Å². The van der Waals surface area contributed by atoms with Crippen LogP contribution in [0.3, 0.4) is 0 Å². The molecule has 0 bridgehead atoms. The number of nitrogens with zero attached hydrogens (tertiary/aromatic N) is 2. The number of ether oxygens (including phenoxy) is 3. The van der Waals surface area contributed by atoms with Crippen LogP contribution in [-0.4, -0.2) is 42.4 Å². The van der Waals surface area contributed by atoms with E-state index >= 15 is 0 Å². The van der Waals surface area contributed by atoms with E-state index in [9.17, 15) is 0 Å². The van der Waals surface area contributed by atoms with Gasteiger partial charge >= 0.3 is 0 Å². The van der Waals surface area contributed by atoms with Crippen LogP contribution in [0.4, 0.5) is 11.5 Å². The maximum absolute atomic E-state index is 6.47.